The summed E-state index contributed by atoms with van der Waals surface area (Å²) in [5.74, 6) is 0.222. The third kappa shape index (κ3) is 5.42. The van der Waals surface area contributed by atoms with Crippen molar-refractivity contribution in [1.82, 2.24) is 15.3 Å². The lowest BCUT2D eigenvalue weighted by molar-refractivity contribution is 0.0882. The highest BCUT2D eigenvalue weighted by Gasteiger charge is 2.09. The van der Waals surface area contributed by atoms with Crippen LogP contribution in [0.25, 0.3) is 0 Å². The summed E-state index contributed by atoms with van der Waals surface area (Å²) in [5, 5.41) is 2.79. The fourth-order valence-corrected chi connectivity index (χ4v) is 1.52. The molecular weight excluding hydrogens is 254 g/mol. The molecule has 1 N–H and O–H groups in total. The lowest BCUT2D eigenvalue weighted by atomic mass is 10.2. The molecule has 1 aromatic rings. The maximum Gasteiger partial charge on any atom is 0.270 e. The molecule has 1 heterocycles. The number of aryl methyl sites for hydroxylation is 1. The second-order valence-corrected chi connectivity index (χ2v) is 4.73. The van der Waals surface area contributed by atoms with Crippen LogP contribution in [-0.2, 0) is 4.74 Å². The lowest BCUT2D eigenvalue weighted by Gasteiger charge is -2.08. The van der Waals surface area contributed by atoms with E-state index in [4.69, 9.17) is 16.3 Å². The summed E-state index contributed by atoms with van der Waals surface area (Å²) in [6.07, 6.45) is 0. The molecular formula is C12H18ClN3O2. The Kier molecular flexibility index (Phi) is 6.01. The van der Waals surface area contributed by atoms with Crippen molar-refractivity contribution in [2.75, 3.05) is 19.8 Å². The molecule has 0 unspecified atom stereocenters. The van der Waals surface area contributed by atoms with Gasteiger partial charge in [0.05, 0.1) is 6.61 Å². The van der Waals surface area contributed by atoms with E-state index >= 15 is 0 Å². The number of ether oxygens (including phenoxy) is 1. The Hall–Kier alpha value is -1.20. The summed E-state index contributed by atoms with van der Waals surface area (Å²) in [6.45, 7) is 7.53. The number of hydrogen-bond donors (Lipinski definition) is 1. The molecule has 5 nitrogen and oxygen atoms in total. The van der Waals surface area contributed by atoms with Crippen LogP contribution < -0.4 is 5.32 Å². The minimum Gasteiger partial charge on any atom is -0.379 e. The molecule has 0 fully saturated rings. The van der Waals surface area contributed by atoms with Gasteiger partial charge in [-0.2, -0.15) is 0 Å². The number of halogens is 1. The van der Waals surface area contributed by atoms with Crippen molar-refractivity contribution in [2.45, 2.75) is 20.8 Å². The van der Waals surface area contributed by atoms with Crippen molar-refractivity contribution >= 4 is 17.5 Å². The Bertz CT molecular complexity index is 390. The fraction of sp³-hybridized carbons (Fsp3) is 0.583. The number of carbonyl (C=O) groups is 1. The third-order valence-corrected chi connectivity index (χ3v) is 2.21. The number of nitrogens with one attached hydrogen (secondary N) is 1. The summed E-state index contributed by atoms with van der Waals surface area (Å²) in [5.41, 5.74) is 0.938. The van der Waals surface area contributed by atoms with E-state index in [0.29, 0.717) is 31.4 Å². The zero-order valence-electron chi connectivity index (χ0n) is 10.9. The highest BCUT2D eigenvalue weighted by atomic mass is 35.5. The maximum atomic E-state index is 11.7. The predicted molar refractivity (Wildman–Crippen MR) is 69.8 cm³/mol. The normalized spacial score (nSPS) is 10.7. The average molecular weight is 272 g/mol. The average Bonchev–Trinajstić information content (AvgIpc) is 2.26. The van der Waals surface area contributed by atoms with E-state index in [0.717, 1.165) is 0 Å². The Morgan fingerprint density at radius 1 is 1.50 bits per heavy atom. The summed E-state index contributed by atoms with van der Waals surface area (Å²) in [7, 11) is 0. The van der Waals surface area contributed by atoms with Crippen molar-refractivity contribution in [1.29, 1.82) is 0 Å². The maximum absolute atomic E-state index is 11.7. The summed E-state index contributed by atoms with van der Waals surface area (Å²) < 4.78 is 5.36. The van der Waals surface area contributed by atoms with Crippen LogP contribution in [0.5, 0.6) is 0 Å². The first-order valence-corrected chi connectivity index (χ1v) is 6.24. The van der Waals surface area contributed by atoms with Gasteiger partial charge < -0.3 is 10.1 Å². The molecule has 0 aromatic carbocycles. The number of aromatic nitrogens is 2. The number of amides is 1. The molecule has 1 amide bonds. The zero-order valence-corrected chi connectivity index (χ0v) is 11.6. The van der Waals surface area contributed by atoms with E-state index < -0.39 is 0 Å². The van der Waals surface area contributed by atoms with Gasteiger partial charge in [-0.05, 0) is 30.5 Å². The molecule has 0 atom stereocenters. The van der Waals surface area contributed by atoms with Crippen LogP contribution in [0.2, 0.25) is 5.28 Å². The van der Waals surface area contributed by atoms with Crippen LogP contribution in [0, 0.1) is 12.8 Å². The molecule has 0 saturated carbocycles. The summed E-state index contributed by atoms with van der Waals surface area (Å²) >= 11 is 5.69. The topological polar surface area (TPSA) is 64.1 Å². The standard InChI is InChI=1S/C12H18ClN3O2/c1-8(2)7-18-5-4-14-11(17)10-6-9(3)15-12(13)16-10/h6,8H,4-5,7H2,1-3H3,(H,14,17). The van der Waals surface area contributed by atoms with Crippen LogP contribution in [0.1, 0.15) is 30.0 Å². The van der Waals surface area contributed by atoms with Crippen LogP contribution >= 0.6 is 11.6 Å². The van der Waals surface area contributed by atoms with Crippen LogP contribution in [0.15, 0.2) is 6.07 Å². The second-order valence-electron chi connectivity index (χ2n) is 4.39. The number of hydrogen-bond acceptors (Lipinski definition) is 4. The molecule has 18 heavy (non-hydrogen) atoms. The van der Waals surface area contributed by atoms with Gasteiger partial charge in [-0.1, -0.05) is 13.8 Å². The minimum absolute atomic E-state index is 0.0798. The van der Waals surface area contributed by atoms with E-state index in [1.165, 1.54) is 0 Å². The Balaban J connectivity index is 2.36. The van der Waals surface area contributed by atoms with Gasteiger partial charge in [-0.3, -0.25) is 4.79 Å². The molecule has 0 saturated heterocycles. The van der Waals surface area contributed by atoms with Crippen molar-refractivity contribution < 1.29 is 9.53 Å². The predicted octanol–water partition coefficient (Wildman–Crippen LogP) is 1.84. The van der Waals surface area contributed by atoms with Crippen LogP contribution in [-0.4, -0.2) is 35.6 Å². The van der Waals surface area contributed by atoms with Crippen molar-refractivity contribution in [3.63, 3.8) is 0 Å². The SMILES string of the molecule is Cc1cc(C(=O)NCCOCC(C)C)nc(Cl)n1. The fourth-order valence-electron chi connectivity index (χ4n) is 1.29. The van der Waals surface area contributed by atoms with E-state index in [1.54, 1.807) is 13.0 Å². The number of nitrogens with zero attached hydrogens (tertiary/aromatic N) is 2. The van der Waals surface area contributed by atoms with Gasteiger partial charge >= 0.3 is 0 Å². The molecule has 1 rings (SSSR count). The molecule has 0 aliphatic carbocycles. The molecule has 0 bridgehead atoms. The van der Waals surface area contributed by atoms with Gasteiger partial charge in [0.1, 0.15) is 5.69 Å². The molecule has 100 valence electrons. The van der Waals surface area contributed by atoms with E-state index in [1.807, 2.05) is 0 Å². The molecule has 0 radical (unpaired) electrons. The highest BCUT2D eigenvalue weighted by molar-refractivity contribution is 6.28. The van der Waals surface area contributed by atoms with Crippen LogP contribution in [0.3, 0.4) is 0 Å². The van der Waals surface area contributed by atoms with Gasteiger partial charge in [-0.15, -0.1) is 0 Å². The summed E-state index contributed by atoms with van der Waals surface area (Å²) in [6, 6.07) is 1.59. The van der Waals surface area contributed by atoms with Gasteiger partial charge in [0.2, 0.25) is 5.28 Å². The van der Waals surface area contributed by atoms with Crippen molar-refractivity contribution in [2.24, 2.45) is 5.92 Å². The third-order valence-electron chi connectivity index (χ3n) is 2.04. The Morgan fingerprint density at radius 2 is 2.22 bits per heavy atom. The van der Waals surface area contributed by atoms with E-state index in [9.17, 15) is 4.79 Å². The largest absolute Gasteiger partial charge is 0.379 e. The van der Waals surface area contributed by atoms with Gasteiger partial charge in [0.25, 0.3) is 5.91 Å². The monoisotopic (exact) mass is 271 g/mol. The zero-order chi connectivity index (χ0) is 13.5. The summed E-state index contributed by atoms with van der Waals surface area (Å²) in [4.78, 5) is 19.5. The molecule has 0 aliphatic heterocycles. The van der Waals surface area contributed by atoms with Crippen molar-refractivity contribution in [3.05, 3.63) is 22.7 Å². The van der Waals surface area contributed by atoms with Gasteiger partial charge in [0.15, 0.2) is 0 Å². The minimum atomic E-state index is -0.268. The second kappa shape index (κ2) is 7.28. The van der Waals surface area contributed by atoms with E-state index in [-0.39, 0.29) is 16.9 Å². The first-order valence-electron chi connectivity index (χ1n) is 5.86. The first kappa shape index (κ1) is 14.9. The first-order chi connectivity index (χ1) is 8.49. The Morgan fingerprint density at radius 3 is 2.83 bits per heavy atom. The number of rotatable bonds is 6. The lowest BCUT2D eigenvalue weighted by Crippen LogP contribution is -2.28. The van der Waals surface area contributed by atoms with Gasteiger partial charge in [-0.25, -0.2) is 9.97 Å². The molecule has 0 aliphatic rings. The molecule has 6 heteroatoms. The van der Waals surface area contributed by atoms with Gasteiger partial charge in [0, 0.05) is 18.8 Å². The molecule has 0 spiro atoms. The van der Waals surface area contributed by atoms with E-state index in [2.05, 4.69) is 29.1 Å². The van der Waals surface area contributed by atoms with Crippen LogP contribution in [0.4, 0.5) is 0 Å². The van der Waals surface area contributed by atoms with Crippen molar-refractivity contribution in [3.8, 4) is 0 Å². The molecule has 1 aromatic heterocycles. The quantitative estimate of drug-likeness (QED) is 0.633. The number of carbonyl (C=O) groups excluding carboxylic acids is 1. The Labute approximate surface area is 112 Å². The smallest absolute Gasteiger partial charge is 0.270 e. The highest BCUT2D eigenvalue weighted by Crippen LogP contribution is 2.04.